The van der Waals surface area contributed by atoms with Crippen LogP contribution < -0.4 is 10.2 Å². The average molecular weight is 341 g/mol. The van der Waals surface area contributed by atoms with E-state index in [9.17, 15) is 9.59 Å². The van der Waals surface area contributed by atoms with Crippen LogP contribution >= 0.6 is 11.6 Å². The second-order valence-electron chi connectivity index (χ2n) is 5.92. The first kappa shape index (κ1) is 16.3. The van der Waals surface area contributed by atoms with E-state index in [4.69, 9.17) is 11.6 Å². The third-order valence-corrected chi connectivity index (χ3v) is 4.28. The van der Waals surface area contributed by atoms with E-state index in [0.29, 0.717) is 5.69 Å². The van der Waals surface area contributed by atoms with E-state index >= 15 is 0 Å². The number of carbonyl (C=O) groups excluding carboxylic acids is 2. The summed E-state index contributed by atoms with van der Waals surface area (Å²) in [6, 6.07) is 13.0. The Hall–Kier alpha value is -2.59. The van der Waals surface area contributed by atoms with E-state index in [2.05, 4.69) is 5.32 Å². The molecule has 0 unspecified atom stereocenters. The molecule has 2 aromatic rings. The van der Waals surface area contributed by atoms with Crippen molar-refractivity contribution in [2.75, 3.05) is 10.2 Å². The van der Waals surface area contributed by atoms with Gasteiger partial charge < -0.3 is 5.32 Å². The zero-order valence-corrected chi connectivity index (χ0v) is 14.4. The average Bonchev–Trinajstić information content (AvgIpc) is 2.73. The summed E-state index contributed by atoms with van der Waals surface area (Å²) in [6.45, 7) is 5.83. The molecule has 3 rings (SSSR count). The standard InChI is InChI=1S/C19H17ClN2O2/c1-11-5-4-6-14(10-11)22-18(23)16(20)17(19(22)24)21-15-8-7-12(2)9-13(15)3/h4-10,21H,1-3H3. The number of nitrogens with zero attached hydrogens (tertiary/aromatic N) is 1. The molecule has 2 aromatic carbocycles. The van der Waals surface area contributed by atoms with Gasteiger partial charge in [-0.3, -0.25) is 9.59 Å². The molecule has 0 aliphatic carbocycles. The zero-order valence-electron chi connectivity index (χ0n) is 13.7. The largest absolute Gasteiger partial charge is 0.349 e. The summed E-state index contributed by atoms with van der Waals surface area (Å²) >= 11 is 6.15. The van der Waals surface area contributed by atoms with Crippen LogP contribution in [0.25, 0.3) is 0 Å². The van der Waals surface area contributed by atoms with Gasteiger partial charge >= 0.3 is 0 Å². The van der Waals surface area contributed by atoms with E-state index in [0.717, 1.165) is 27.3 Å². The normalized spacial score (nSPS) is 14.6. The first-order chi connectivity index (χ1) is 11.4. The Bertz CT molecular complexity index is 887. The number of aryl methyl sites for hydroxylation is 3. The Labute approximate surface area is 145 Å². The van der Waals surface area contributed by atoms with Crippen LogP contribution in [0.2, 0.25) is 0 Å². The summed E-state index contributed by atoms with van der Waals surface area (Å²) in [5.41, 5.74) is 4.42. The molecule has 1 aliphatic heterocycles. The summed E-state index contributed by atoms with van der Waals surface area (Å²) in [4.78, 5) is 26.3. The highest BCUT2D eigenvalue weighted by Crippen LogP contribution is 2.31. The van der Waals surface area contributed by atoms with Crippen LogP contribution in [0, 0.1) is 20.8 Å². The predicted molar refractivity (Wildman–Crippen MR) is 96.1 cm³/mol. The monoisotopic (exact) mass is 340 g/mol. The van der Waals surface area contributed by atoms with Gasteiger partial charge in [-0.15, -0.1) is 0 Å². The number of hydrogen-bond donors (Lipinski definition) is 1. The Morgan fingerprint density at radius 1 is 0.917 bits per heavy atom. The number of amides is 2. The summed E-state index contributed by atoms with van der Waals surface area (Å²) in [5.74, 6) is -0.963. The molecule has 0 fully saturated rings. The highest BCUT2D eigenvalue weighted by atomic mass is 35.5. The van der Waals surface area contributed by atoms with E-state index < -0.39 is 11.8 Å². The van der Waals surface area contributed by atoms with Crippen LogP contribution in [0.5, 0.6) is 0 Å². The van der Waals surface area contributed by atoms with E-state index in [1.807, 2.05) is 45.0 Å². The van der Waals surface area contributed by atoms with Gasteiger partial charge in [0.25, 0.3) is 11.8 Å². The first-order valence-electron chi connectivity index (χ1n) is 7.58. The van der Waals surface area contributed by atoms with E-state index in [1.54, 1.807) is 18.2 Å². The Kier molecular flexibility index (Phi) is 4.16. The topological polar surface area (TPSA) is 49.4 Å². The lowest BCUT2D eigenvalue weighted by atomic mass is 10.1. The van der Waals surface area contributed by atoms with Gasteiger partial charge in [-0.2, -0.15) is 0 Å². The van der Waals surface area contributed by atoms with Crippen LogP contribution in [0.3, 0.4) is 0 Å². The van der Waals surface area contributed by atoms with E-state index in [1.165, 1.54) is 0 Å². The fourth-order valence-electron chi connectivity index (χ4n) is 2.70. The highest BCUT2D eigenvalue weighted by Gasteiger charge is 2.39. The molecule has 24 heavy (non-hydrogen) atoms. The lowest BCUT2D eigenvalue weighted by Crippen LogP contribution is -2.32. The van der Waals surface area contributed by atoms with Crippen molar-refractivity contribution in [1.29, 1.82) is 0 Å². The number of anilines is 2. The van der Waals surface area contributed by atoms with Gasteiger partial charge in [-0.25, -0.2) is 4.90 Å². The summed E-state index contributed by atoms with van der Waals surface area (Å²) in [5, 5.41) is 2.92. The van der Waals surface area contributed by atoms with Crippen molar-refractivity contribution in [2.24, 2.45) is 0 Å². The van der Waals surface area contributed by atoms with Crippen LogP contribution in [0.4, 0.5) is 11.4 Å². The number of hydrogen-bond acceptors (Lipinski definition) is 3. The molecule has 4 nitrogen and oxygen atoms in total. The molecule has 0 spiro atoms. The Morgan fingerprint density at radius 3 is 2.29 bits per heavy atom. The minimum absolute atomic E-state index is 0.0959. The minimum atomic E-state index is -0.514. The number of rotatable bonds is 3. The zero-order chi connectivity index (χ0) is 17.4. The summed E-state index contributed by atoms with van der Waals surface area (Å²) in [6.07, 6.45) is 0. The van der Waals surface area contributed by atoms with Crippen LogP contribution in [0.15, 0.2) is 53.2 Å². The van der Waals surface area contributed by atoms with Crippen LogP contribution in [-0.4, -0.2) is 11.8 Å². The van der Waals surface area contributed by atoms with E-state index in [-0.39, 0.29) is 10.7 Å². The Morgan fingerprint density at radius 2 is 1.62 bits per heavy atom. The van der Waals surface area contributed by atoms with Crippen LogP contribution in [-0.2, 0) is 9.59 Å². The van der Waals surface area contributed by atoms with Crippen molar-refractivity contribution in [1.82, 2.24) is 0 Å². The van der Waals surface area contributed by atoms with Gasteiger partial charge in [0.15, 0.2) is 0 Å². The lowest BCUT2D eigenvalue weighted by Gasteiger charge is -2.16. The molecule has 122 valence electrons. The third-order valence-electron chi connectivity index (χ3n) is 3.93. The van der Waals surface area contributed by atoms with Gasteiger partial charge in [0.05, 0.1) is 5.69 Å². The number of benzene rings is 2. The Balaban J connectivity index is 1.95. The molecule has 2 amide bonds. The maximum atomic E-state index is 12.7. The number of imide groups is 1. The molecular weight excluding hydrogens is 324 g/mol. The number of carbonyl (C=O) groups is 2. The van der Waals surface area contributed by atoms with Crippen molar-refractivity contribution in [2.45, 2.75) is 20.8 Å². The molecule has 0 saturated carbocycles. The molecule has 5 heteroatoms. The van der Waals surface area contributed by atoms with Gasteiger partial charge in [0.1, 0.15) is 10.7 Å². The second kappa shape index (κ2) is 6.13. The first-order valence-corrected chi connectivity index (χ1v) is 7.96. The molecule has 1 N–H and O–H groups in total. The molecule has 0 aromatic heterocycles. The molecule has 0 saturated heterocycles. The van der Waals surface area contributed by atoms with Gasteiger partial charge in [-0.1, -0.05) is 41.4 Å². The fraction of sp³-hybridized carbons (Fsp3) is 0.158. The molecular formula is C19H17ClN2O2. The molecule has 0 atom stereocenters. The second-order valence-corrected chi connectivity index (χ2v) is 6.30. The SMILES string of the molecule is Cc1cccc(N2C(=O)C(Cl)=C(Nc3ccc(C)cc3C)C2=O)c1. The van der Waals surface area contributed by atoms with Crippen molar-refractivity contribution in [3.05, 3.63) is 69.9 Å². The summed E-state index contributed by atoms with van der Waals surface area (Å²) < 4.78 is 0. The van der Waals surface area contributed by atoms with Gasteiger partial charge in [-0.05, 0) is 50.1 Å². The highest BCUT2D eigenvalue weighted by molar-refractivity contribution is 6.53. The number of nitrogens with one attached hydrogen (secondary N) is 1. The molecule has 0 bridgehead atoms. The predicted octanol–water partition coefficient (Wildman–Crippen LogP) is 4.05. The maximum Gasteiger partial charge on any atom is 0.283 e. The molecule has 0 radical (unpaired) electrons. The minimum Gasteiger partial charge on any atom is -0.349 e. The van der Waals surface area contributed by atoms with Gasteiger partial charge in [0, 0.05) is 5.69 Å². The van der Waals surface area contributed by atoms with Crippen molar-refractivity contribution >= 4 is 34.8 Å². The lowest BCUT2D eigenvalue weighted by molar-refractivity contribution is -0.120. The quantitative estimate of drug-likeness (QED) is 0.858. The molecule has 1 aliphatic rings. The fourth-order valence-corrected chi connectivity index (χ4v) is 2.91. The van der Waals surface area contributed by atoms with Crippen molar-refractivity contribution < 1.29 is 9.59 Å². The summed E-state index contributed by atoms with van der Waals surface area (Å²) in [7, 11) is 0. The molecule has 1 heterocycles. The van der Waals surface area contributed by atoms with Crippen molar-refractivity contribution in [3.63, 3.8) is 0 Å². The van der Waals surface area contributed by atoms with Crippen molar-refractivity contribution in [3.8, 4) is 0 Å². The smallest absolute Gasteiger partial charge is 0.283 e. The third kappa shape index (κ3) is 2.81. The maximum absolute atomic E-state index is 12.7. The number of halogens is 1. The van der Waals surface area contributed by atoms with Crippen LogP contribution in [0.1, 0.15) is 16.7 Å². The van der Waals surface area contributed by atoms with Gasteiger partial charge in [0.2, 0.25) is 0 Å².